The topological polar surface area (TPSA) is 103 Å². The van der Waals surface area contributed by atoms with Crippen LogP contribution >= 0.6 is 0 Å². The number of H-pyrrole nitrogens is 1. The van der Waals surface area contributed by atoms with Crippen molar-refractivity contribution in [1.29, 1.82) is 5.26 Å². The van der Waals surface area contributed by atoms with Crippen LogP contribution < -0.4 is 11.1 Å². The van der Waals surface area contributed by atoms with Crippen LogP contribution in [-0.4, -0.2) is 15.0 Å². The van der Waals surface area contributed by atoms with E-state index in [0.29, 0.717) is 34.8 Å². The summed E-state index contributed by atoms with van der Waals surface area (Å²) >= 11 is 0. The van der Waals surface area contributed by atoms with E-state index in [1.165, 1.54) is 48.7 Å². The van der Waals surface area contributed by atoms with E-state index in [4.69, 9.17) is 5.73 Å². The second-order valence-corrected chi connectivity index (χ2v) is 7.99. The quantitative estimate of drug-likeness (QED) is 0.294. The minimum Gasteiger partial charge on any atom is -0.383 e. The van der Waals surface area contributed by atoms with Crippen molar-refractivity contribution in [2.75, 3.05) is 11.1 Å². The molecule has 2 aromatic carbocycles. The first kappa shape index (κ1) is 21.4. The monoisotopic (exact) mass is 424 g/mol. The molecule has 0 unspecified atom stereocenters. The van der Waals surface area contributed by atoms with Crippen LogP contribution in [0.25, 0.3) is 22.2 Å². The predicted molar refractivity (Wildman–Crippen MR) is 130 cm³/mol. The van der Waals surface area contributed by atoms with E-state index in [1.807, 2.05) is 6.07 Å². The predicted octanol–water partition coefficient (Wildman–Crippen LogP) is 5.81. The number of nitrogens with zero attached hydrogens (tertiary/aromatic N) is 3. The highest BCUT2D eigenvalue weighted by molar-refractivity contribution is 5.96. The smallest absolute Gasteiger partial charge is 0.145 e. The van der Waals surface area contributed by atoms with E-state index in [1.54, 1.807) is 0 Å². The molecule has 0 saturated heterocycles. The molecule has 4 aromatic rings. The van der Waals surface area contributed by atoms with Gasteiger partial charge in [-0.1, -0.05) is 74.7 Å². The van der Waals surface area contributed by atoms with E-state index in [-0.39, 0.29) is 0 Å². The molecule has 0 aliphatic carbocycles. The molecule has 0 spiro atoms. The number of nitrogens with one attached hydrogen (secondary N) is 2. The Hall–Kier alpha value is -3.85. The van der Waals surface area contributed by atoms with Gasteiger partial charge >= 0.3 is 0 Å². The van der Waals surface area contributed by atoms with Crippen LogP contribution in [-0.2, 0) is 13.0 Å². The van der Waals surface area contributed by atoms with Crippen LogP contribution in [0.1, 0.15) is 49.3 Å². The number of aromatic nitrogens is 3. The van der Waals surface area contributed by atoms with Crippen molar-refractivity contribution in [3.05, 3.63) is 71.5 Å². The van der Waals surface area contributed by atoms with Gasteiger partial charge in [0, 0.05) is 6.54 Å². The van der Waals surface area contributed by atoms with Crippen molar-refractivity contribution >= 4 is 22.7 Å². The highest BCUT2D eigenvalue weighted by Gasteiger charge is 2.15. The molecule has 6 heteroatoms. The van der Waals surface area contributed by atoms with Crippen molar-refractivity contribution in [2.24, 2.45) is 0 Å². The Morgan fingerprint density at radius 1 is 1.06 bits per heavy atom. The summed E-state index contributed by atoms with van der Waals surface area (Å²) in [5.74, 6) is 0.920. The van der Waals surface area contributed by atoms with Crippen LogP contribution in [0.15, 0.2) is 54.9 Å². The largest absolute Gasteiger partial charge is 0.383 e. The van der Waals surface area contributed by atoms with Gasteiger partial charge in [0.1, 0.15) is 35.2 Å². The molecule has 0 aliphatic rings. The Kier molecular flexibility index (Phi) is 6.66. The summed E-state index contributed by atoms with van der Waals surface area (Å²) in [6.07, 6.45) is 7.38. The molecule has 6 nitrogen and oxygen atoms in total. The lowest BCUT2D eigenvalue weighted by molar-refractivity contribution is 0.667. The first-order chi connectivity index (χ1) is 15.7. The Balaban J connectivity index is 1.58. The standard InChI is InChI=1S/C26H28N6/c1-2-3-4-6-11-20-14-18(12-13-21(20)19-9-7-5-8-10-19)16-29-25-22(15-27)23-24(28)30-17-31-26(23)32-25/h5,7-10,12-14,17,29H,2-4,6,11,16H2,1H3,(H3,28,30,31,32). The van der Waals surface area contributed by atoms with Gasteiger partial charge in [-0.2, -0.15) is 5.26 Å². The van der Waals surface area contributed by atoms with Crippen LogP contribution in [0.5, 0.6) is 0 Å². The number of hydrogen-bond acceptors (Lipinski definition) is 5. The van der Waals surface area contributed by atoms with Crippen molar-refractivity contribution in [3.63, 3.8) is 0 Å². The van der Waals surface area contributed by atoms with E-state index in [0.717, 1.165) is 12.0 Å². The summed E-state index contributed by atoms with van der Waals surface area (Å²) < 4.78 is 0. The fourth-order valence-corrected chi connectivity index (χ4v) is 4.09. The number of rotatable bonds is 9. The maximum atomic E-state index is 9.65. The summed E-state index contributed by atoms with van der Waals surface area (Å²) in [6.45, 7) is 2.83. The van der Waals surface area contributed by atoms with E-state index < -0.39 is 0 Å². The molecule has 2 heterocycles. The fraction of sp³-hybridized carbons (Fsp3) is 0.269. The number of benzene rings is 2. The van der Waals surface area contributed by atoms with Gasteiger partial charge in [-0.05, 0) is 35.1 Å². The van der Waals surface area contributed by atoms with Crippen molar-refractivity contribution in [2.45, 2.75) is 45.6 Å². The molecule has 4 rings (SSSR count). The zero-order valence-electron chi connectivity index (χ0n) is 18.4. The van der Waals surface area contributed by atoms with Gasteiger partial charge < -0.3 is 16.0 Å². The highest BCUT2D eigenvalue weighted by atomic mass is 15.0. The number of anilines is 2. The number of fused-ring (bicyclic) bond motifs is 1. The van der Waals surface area contributed by atoms with E-state index >= 15 is 0 Å². The molecule has 0 radical (unpaired) electrons. The molecule has 4 N–H and O–H groups in total. The van der Waals surface area contributed by atoms with Gasteiger partial charge in [-0.25, -0.2) is 9.97 Å². The van der Waals surface area contributed by atoms with Gasteiger partial charge in [-0.15, -0.1) is 0 Å². The average molecular weight is 425 g/mol. The van der Waals surface area contributed by atoms with Crippen molar-refractivity contribution in [3.8, 4) is 17.2 Å². The zero-order valence-corrected chi connectivity index (χ0v) is 18.4. The van der Waals surface area contributed by atoms with Crippen LogP contribution in [0.3, 0.4) is 0 Å². The second kappa shape index (κ2) is 9.97. The molecule has 32 heavy (non-hydrogen) atoms. The number of hydrogen-bond donors (Lipinski definition) is 3. The molecular weight excluding hydrogens is 396 g/mol. The first-order valence-electron chi connectivity index (χ1n) is 11.1. The molecule has 0 atom stereocenters. The summed E-state index contributed by atoms with van der Waals surface area (Å²) in [5.41, 5.74) is 12.0. The number of nitriles is 1. The number of aromatic amines is 1. The first-order valence-corrected chi connectivity index (χ1v) is 11.1. The zero-order chi connectivity index (χ0) is 22.3. The lowest BCUT2D eigenvalue weighted by Crippen LogP contribution is -2.03. The third-order valence-corrected chi connectivity index (χ3v) is 5.76. The normalized spacial score (nSPS) is 10.9. The maximum Gasteiger partial charge on any atom is 0.145 e. The van der Waals surface area contributed by atoms with Crippen LogP contribution in [0.2, 0.25) is 0 Å². The Morgan fingerprint density at radius 2 is 1.91 bits per heavy atom. The van der Waals surface area contributed by atoms with E-state index in [2.05, 4.69) is 75.7 Å². The third kappa shape index (κ3) is 4.57. The Labute approximate surface area is 188 Å². The molecule has 162 valence electrons. The SMILES string of the molecule is CCCCCCc1cc(CNc2[nH]c3ncnc(N)c3c2C#N)ccc1-c1ccccc1. The lowest BCUT2D eigenvalue weighted by Gasteiger charge is -2.13. The summed E-state index contributed by atoms with van der Waals surface area (Å²) in [5, 5.41) is 13.6. The minimum absolute atomic E-state index is 0.303. The van der Waals surface area contributed by atoms with Crippen LogP contribution in [0.4, 0.5) is 11.6 Å². The molecule has 0 fully saturated rings. The molecule has 2 aromatic heterocycles. The van der Waals surface area contributed by atoms with Gasteiger partial charge in [0.2, 0.25) is 0 Å². The van der Waals surface area contributed by atoms with Gasteiger partial charge in [0.05, 0.1) is 5.39 Å². The van der Waals surface area contributed by atoms with Gasteiger partial charge in [0.25, 0.3) is 0 Å². The minimum atomic E-state index is 0.303. The highest BCUT2D eigenvalue weighted by Crippen LogP contribution is 2.29. The maximum absolute atomic E-state index is 9.65. The fourth-order valence-electron chi connectivity index (χ4n) is 4.09. The van der Waals surface area contributed by atoms with Crippen LogP contribution in [0, 0.1) is 11.3 Å². The van der Waals surface area contributed by atoms with Gasteiger partial charge in [-0.3, -0.25) is 0 Å². The molecular formula is C26H28N6. The molecule has 0 saturated carbocycles. The van der Waals surface area contributed by atoms with Crippen molar-refractivity contribution in [1.82, 2.24) is 15.0 Å². The Morgan fingerprint density at radius 3 is 2.69 bits per heavy atom. The summed E-state index contributed by atoms with van der Waals surface area (Å²) in [4.78, 5) is 11.4. The van der Waals surface area contributed by atoms with Gasteiger partial charge in [0.15, 0.2) is 0 Å². The number of unbranched alkanes of at least 4 members (excludes halogenated alkanes) is 3. The van der Waals surface area contributed by atoms with E-state index in [9.17, 15) is 5.26 Å². The number of aryl methyl sites for hydroxylation is 1. The molecule has 0 amide bonds. The Bertz CT molecular complexity index is 1240. The summed E-state index contributed by atoms with van der Waals surface area (Å²) in [6, 6.07) is 19.4. The molecule has 0 bridgehead atoms. The lowest BCUT2D eigenvalue weighted by atomic mass is 9.94. The third-order valence-electron chi connectivity index (χ3n) is 5.76. The second-order valence-electron chi connectivity index (χ2n) is 7.99. The number of nitrogens with two attached hydrogens (primary N) is 1. The van der Waals surface area contributed by atoms with Crippen molar-refractivity contribution < 1.29 is 0 Å². The summed E-state index contributed by atoms with van der Waals surface area (Å²) in [7, 11) is 0. The average Bonchev–Trinajstić information content (AvgIpc) is 3.20. The molecule has 0 aliphatic heterocycles. The number of nitrogen functional groups attached to an aromatic ring is 1.